The first kappa shape index (κ1) is 16.7. The molecule has 0 spiro atoms. The molecule has 0 heterocycles. The first-order chi connectivity index (χ1) is 11.1. The average Bonchev–Trinajstić information content (AvgIpc) is 2.54. The third kappa shape index (κ3) is 5.25. The smallest absolute Gasteiger partial charge is 0.335 e. The Bertz CT molecular complexity index is 695. The molecule has 2 N–H and O–H groups in total. The van der Waals surface area contributed by atoms with E-state index in [2.05, 4.69) is 5.32 Å². The van der Waals surface area contributed by atoms with Gasteiger partial charge in [0.05, 0.1) is 5.56 Å². The van der Waals surface area contributed by atoms with Crippen LogP contribution in [-0.2, 0) is 17.6 Å². The van der Waals surface area contributed by atoms with Crippen LogP contribution in [0.1, 0.15) is 33.5 Å². The SMILES string of the molecule is Cc1ccccc1CCC(=O)NCCc1cccc(C(=O)O)c1. The number of carbonyl (C=O) groups excluding carboxylic acids is 1. The molecule has 0 saturated heterocycles. The summed E-state index contributed by atoms with van der Waals surface area (Å²) >= 11 is 0. The largest absolute Gasteiger partial charge is 0.478 e. The highest BCUT2D eigenvalue weighted by Crippen LogP contribution is 2.09. The number of carbonyl (C=O) groups is 2. The van der Waals surface area contributed by atoms with Gasteiger partial charge in [0.1, 0.15) is 0 Å². The monoisotopic (exact) mass is 311 g/mol. The minimum Gasteiger partial charge on any atom is -0.478 e. The van der Waals surface area contributed by atoms with Crippen molar-refractivity contribution >= 4 is 11.9 Å². The van der Waals surface area contributed by atoms with E-state index < -0.39 is 5.97 Å². The summed E-state index contributed by atoms with van der Waals surface area (Å²) in [4.78, 5) is 22.8. The summed E-state index contributed by atoms with van der Waals surface area (Å²) in [6, 6.07) is 14.8. The molecule has 0 aliphatic heterocycles. The van der Waals surface area contributed by atoms with Crippen LogP contribution in [0.15, 0.2) is 48.5 Å². The second kappa shape index (κ2) is 8.13. The first-order valence-corrected chi connectivity index (χ1v) is 7.69. The third-order valence-corrected chi connectivity index (χ3v) is 3.79. The van der Waals surface area contributed by atoms with Crippen LogP contribution >= 0.6 is 0 Å². The van der Waals surface area contributed by atoms with Gasteiger partial charge in [0.25, 0.3) is 0 Å². The number of hydrogen-bond acceptors (Lipinski definition) is 2. The lowest BCUT2D eigenvalue weighted by molar-refractivity contribution is -0.121. The van der Waals surface area contributed by atoms with E-state index in [0.717, 1.165) is 12.0 Å². The Balaban J connectivity index is 1.76. The first-order valence-electron chi connectivity index (χ1n) is 7.69. The van der Waals surface area contributed by atoms with Gasteiger partial charge >= 0.3 is 5.97 Å². The van der Waals surface area contributed by atoms with Gasteiger partial charge in [0.15, 0.2) is 0 Å². The Morgan fingerprint density at radius 3 is 2.57 bits per heavy atom. The van der Waals surface area contributed by atoms with Gasteiger partial charge in [0.2, 0.25) is 5.91 Å². The van der Waals surface area contributed by atoms with E-state index in [1.807, 2.05) is 37.3 Å². The molecule has 0 aromatic heterocycles. The van der Waals surface area contributed by atoms with E-state index in [9.17, 15) is 9.59 Å². The fraction of sp³-hybridized carbons (Fsp3) is 0.263. The number of amides is 1. The zero-order valence-corrected chi connectivity index (χ0v) is 13.2. The van der Waals surface area contributed by atoms with Crippen LogP contribution < -0.4 is 5.32 Å². The molecule has 120 valence electrons. The Hall–Kier alpha value is -2.62. The molecule has 0 aliphatic carbocycles. The number of aryl methyl sites for hydroxylation is 2. The predicted molar refractivity (Wildman–Crippen MR) is 89.6 cm³/mol. The quantitative estimate of drug-likeness (QED) is 0.826. The predicted octanol–water partition coefficient (Wildman–Crippen LogP) is 2.98. The van der Waals surface area contributed by atoms with E-state index in [0.29, 0.717) is 19.4 Å². The molecule has 2 aromatic carbocycles. The van der Waals surface area contributed by atoms with Crippen LogP contribution in [0.2, 0.25) is 0 Å². The van der Waals surface area contributed by atoms with Crippen molar-refractivity contribution < 1.29 is 14.7 Å². The third-order valence-electron chi connectivity index (χ3n) is 3.79. The Morgan fingerprint density at radius 1 is 1.04 bits per heavy atom. The molecule has 4 heteroatoms. The molecule has 0 bridgehead atoms. The van der Waals surface area contributed by atoms with Crippen molar-refractivity contribution in [2.45, 2.75) is 26.2 Å². The molecule has 0 radical (unpaired) electrons. The molecular weight excluding hydrogens is 290 g/mol. The summed E-state index contributed by atoms with van der Waals surface area (Å²) in [6.07, 6.45) is 1.81. The molecule has 0 unspecified atom stereocenters. The van der Waals surface area contributed by atoms with Gasteiger partial charge in [-0.15, -0.1) is 0 Å². The van der Waals surface area contributed by atoms with Gasteiger partial charge in [-0.05, 0) is 48.6 Å². The maximum atomic E-state index is 11.9. The zero-order valence-electron chi connectivity index (χ0n) is 13.2. The van der Waals surface area contributed by atoms with Crippen molar-refractivity contribution in [3.8, 4) is 0 Å². The highest BCUT2D eigenvalue weighted by Gasteiger charge is 2.05. The Labute approximate surface area is 136 Å². The molecule has 1 amide bonds. The summed E-state index contributed by atoms with van der Waals surface area (Å²) in [6.45, 7) is 2.55. The summed E-state index contributed by atoms with van der Waals surface area (Å²) < 4.78 is 0. The van der Waals surface area contributed by atoms with Gasteiger partial charge in [-0.2, -0.15) is 0 Å². The van der Waals surface area contributed by atoms with E-state index in [4.69, 9.17) is 5.11 Å². The molecule has 0 saturated carbocycles. The number of nitrogens with one attached hydrogen (secondary N) is 1. The van der Waals surface area contributed by atoms with Crippen LogP contribution in [0, 0.1) is 6.92 Å². The maximum Gasteiger partial charge on any atom is 0.335 e. The maximum absolute atomic E-state index is 11.9. The van der Waals surface area contributed by atoms with Gasteiger partial charge < -0.3 is 10.4 Å². The molecule has 2 rings (SSSR count). The summed E-state index contributed by atoms with van der Waals surface area (Å²) in [5.41, 5.74) is 3.57. The van der Waals surface area contributed by atoms with Crippen molar-refractivity contribution in [3.05, 3.63) is 70.8 Å². The van der Waals surface area contributed by atoms with Crippen molar-refractivity contribution in [2.24, 2.45) is 0 Å². The number of carboxylic acid groups (broad SMARTS) is 1. The number of carboxylic acids is 1. The number of benzene rings is 2. The second-order valence-corrected chi connectivity index (χ2v) is 5.53. The number of rotatable bonds is 7. The van der Waals surface area contributed by atoms with Crippen LogP contribution in [0.25, 0.3) is 0 Å². The average molecular weight is 311 g/mol. The molecule has 0 aliphatic rings. The Kier molecular flexibility index (Phi) is 5.92. The van der Waals surface area contributed by atoms with Crippen molar-refractivity contribution in [2.75, 3.05) is 6.54 Å². The van der Waals surface area contributed by atoms with E-state index >= 15 is 0 Å². The molecule has 0 atom stereocenters. The molecule has 23 heavy (non-hydrogen) atoms. The fourth-order valence-corrected chi connectivity index (χ4v) is 2.43. The summed E-state index contributed by atoms with van der Waals surface area (Å²) in [7, 11) is 0. The van der Waals surface area contributed by atoms with Crippen LogP contribution in [0.5, 0.6) is 0 Å². The van der Waals surface area contributed by atoms with Crippen molar-refractivity contribution in [3.63, 3.8) is 0 Å². The summed E-state index contributed by atoms with van der Waals surface area (Å²) in [5, 5.41) is 11.8. The van der Waals surface area contributed by atoms with Gasteiger partial charge in [-0.25, -0.2) is 4.79 Å². The lowest BCUT2D eigenvalue weighted by Gasteiger charge is -2.07. The Morgan fingerprint density at radius 2 is 1.83 bits per heavy atom. The van der Waals surface area contributed by atoms with Crippen molar-refractivity contribution in [1.29, 1.82) is 0 Å². The highest BCUT2D eigenvalue weighted by atomic mass is 16.4. The van der Waals surface area contributed by atoms with E-state index in [-0.39, 0.29) is 11.5 Å². The fourth-order valence-electron chi connectivity index (χ4n) is 2.43. The van der Waals surface area contributed by atoms with Crippen LogP contribution in [0.3, 0.4) is 0 Å². The normalized spacial score (nSPS) is 10.3. The van der Waals surface area contributed by atoms with Gasteiger partial charge in [-0.1, -0.05) is 36.4 Å². The molecule has 2 aromatic rings. The lowest BCUT2D eigenvalue weighted by Crippen LogP contribution is -2.26. The lowest BCUT2D eigenvalue weighted by atomic mass is 10.0. The van der Waals surface area contributed by atoms with E-state index in [1.165, 1.54) is 11.1 Å². The second-order valence-electron chi connectivity index (χ2n) is 5.53. The minimum atomic E-state index is -0.936. The van der Waals surface area contributed by atoms with Gasteiger partial charge in [-0.3, -0.25) is 4.79 Å². The molecule has 4 nitrogen and oxygen atoms in total. The number of aromatic carboxylic acids is 1. The topological polar surface area (TPSA) is 66.4 Å². The number of hydrogen-bond donors (Lipinski definition) is 2. The molecular formula is C19H21NO3. The summed E-state index contributed by atoms with van der Waals surface area (Å²) in [5.74, 6) is -0.920. The van der Waals surface area contributed by atoms with Crippen LogP contribution in [0.4, 0.5) is 0 Å². The van der Waals surface area contributed by atoms with E-state index in [1.54, 1.807) is 18.2 Å². The standard InChI is InChI=1S/C19H21NO3/c1-14-5-2-3-7-16(14)9-10-18(21)20-12-11-15-6-4-8-17(13-15)19(22)23/h2-8,13H,9-12H2,1H3,(H,20,21)(H,22,23). The zero-order chi connectivity index (χ0) is 16.7. The van der Waals surface area contributed by atoms with Crippen molar-refractivity contribution in [1.82, 2.24) is 5.32 Å². The van der Waals surface area contributed by atoms with Crippen LogP contribution in [-0.4, -0.2) is 23.5 Å². The molecule has 0 fully saturated rings. The highest BCUT2D eigenvalue weighted by molar-refractivity contribution is 5.87. The minimum absolute atomic E-state index is 0.0163. The van der Waals surface area contributed by atoms with Gasteiger partial charge in [0, 0.05) is 13.0 Å².